The minimum atomic E-state index is -0.756. The van der Waals surface area contributed by atoms with Crippen LogP contribution in [0, 0.1) is 5.92 Å². The minimum absolute atomic E-state index is 0.00674. The Labute approximate surface area is 121 Å². The van der Waals surface area contributed by atoms with Crippen LogP contribution in [0.4, 0.5) is 0 Å². The highest BCUT2D eigenvalue weighted by Gasteiger charge is 2.26. The zero-order valence-electron chi connectivity index (χ0n) is 12.2. The smallest absolute Gasteiger partial charge is 0.161 e. The number of Topliss-reactive ketones (excluding diaryl/α,β-unsaturated/α-hetero) is 1. The lowest BCUT2D eigenvalue weighted by Crippen LogP contribution is -2.31. The molecule has 0 aromatic heterocycles. The number of hydrogen-bond acceptors (Lipinski definition) is 3. The summed E-state index contributed by atoms with van der Waals surface area (Å²) >= 11 is 0. The summed E-state index contributed by atoms with van der Waals surface area (Å²) in [7, 11) is 1.64. The molecule has 0 aliphatic heterocycles. The third-order valence-electron chi connectivity index (χ3n) is 4.25. The molecule has 110 valence electrons. The van der Waals surface area contributed by atoms with Gasteiger partial charge in [-0.05, 0) is 42.9 Å². The molecule has 0 bridgehead atoms. The predicted molar refractivity (Wildman–Crippen MR) is 78.9 cm³/mol. The van der Waals surface area contributed by atoms with E-state index in [1.165, 1.54) is 6.42 Å². The van der Waals surface area contributed by atoms with Gasteiger partial charge in [0.1, 0.15) is 11.9 Å². The second-order valence-corrected chi connectivity index (χ2v) is 5.66. The second-order valence-electron chi connectivity index (χ2n) is 5.66. The fourth-order valence-corrected chi connectivity index (χ4v) is 2.92. The van der Waals surface area contributed by atoms with Crippen LogP contribution in [0.15, 0.2) is 24.3 Å². The van der Waals surface area contributed by atoms with Crippen LogP contribution in [0.5, 0.6) is 5.75 Å². The van der Waals surface area contributed by atoms with E-state index in [9.17, 15) is 9.90 Å². The zero-order chi connectivity index (χ0) is 14.4. The number of carbonyl (C=O) groups excluding carboxylic acids is 1. The van der Waals surface area contributed by atoms with E-state index in [1.807, 2.05) is 24.3 Å². The average Bonchev–Trinajstić information content (AvgIpc) is 2.53. The molecule has 0 saturated heterocycles. The van der Waals surface area contributed by atoms with Gasteiger partial charge in [0, 0.05) is 6.42 Å². The van der Waals surface area contributed by atoms with Crippen LogP contribution in [0.1, 0.15) is 44.1 Å². The highest BCUT2D eigenvalue weighted by atomic mass is 16.5. The molecule has 3 nitrogen and oxygen atoms in total. The Balaban J connectivity index is 1.81. The van der Waals surface area contributed by atoms with E-state index in [1.54, 1.807) is 7.11 Å². The van der Waals surface area contributed by atoms with Crippen LogP contribution in [0.2, 0.25) is 0 Å². The van der Waals surface area contributed by atoms with Crippen LogP contribution in [-0.4, -0.2) is 24.1 Å². The minimum Gasteiger partial charge on any atom is -0.497 e. The molecule has 20 heavy (non-hydrogen) atoms. The van der Waals surface area contributed by atoms with Gasteiger partial charge in [0.15, 0.2) is 5.78 Å². The first-order chi connectivity index (χ1) is 9.70. The van der Waals surface area contributed by atoms with E-state index in [0.29, 0.717) is 12.8 Å². The van der Waals surface area contributed by atoms with Gasteiger partial charge in [-0.3, -0.25) is 4.79 Å². The largest absolute Gasteiger partial charge is 0.497 e. The molecule has 1 unspecified atom stereocenters. The van der Waals surface area contributed by atoms with E-state index in [4.69, 9.17) is 4.74 Å². The topological polar surface area (TPSA) is 46.5 Å². The van der Waals surface area contributed by atoms with Crippen molar-refractivity contribution in [2.75, 3.05) is 7.11 Å². The number of ketones is 1. The lowest BCUT2D eigenvalue weighted by atomic mass is 9.83. The molecule has 1 N–H and O–H groups in total. The number of aliphatic hydroxyl groups is 1. The van der Waals surface area contributed by atoms with Crippen molar-refractivity contribution >= 4 is 5.78 Å². The first kappa shape index (κ1) is 15.0. The molecular weight excluding hydrogens is 252 g/mol. The summed E-state index contributed by atoms with van der Waals surface area (Å²) in [6, 6.07) is 7.74. The average molecular weight is 276 g/mol. The molecule has 1 aromatic carbocycles. The molecule has 1 aliphatic rings. The van der Waals surface area contributed by atoms with Crippen molar-refractivity contribution in [1.29, 1.82) is 0 Å². The first-order valence-electron chi connectivity index (χ1n) is 7.54. The van der Waals surface area contributed by atoms with Crippen molar-refractivity contribution in [2.24, 2.45) is 5.92 Å². The maximum atomic E-state index is 12.1. The van der Waals surface area contributed by atoms with E-state index < -0.39 is 6.10 Å². The van der Waals surface area contributed by atoms with E-state index in [-0.39, 0.29) is 11.7 Å². The number of rotatable bonds is 6. The number of benzene rings is 1. The molecule has 0 spiro atoms. The number of methoxy groups -OCH3 is 1. The van der Waals surface area contributed by atoms with E-state index in [0.717, 1.165) is 37.0 Å². The van der Waals surface area contributed by atoms with Gasteiger partial charge in [0.25, 0.3) is 0 Å². The van der Waals surface area contributed by atoms with Crippen molar-refractivity contribution in [3.05, 3.63) is 29.8 Å². The summed E-state index contributed by atoms with van der Waals surface area (Å²) in [5.41, 5.74) is 1.11. The molecule has 1 aliphatic carbocycles. The van der Waals surface area contributed by atoms with Gasteiger partial charge in [-0.1, -0.05) is 31.4 Å². The summed E-state index contributed by atoms with van der Waals surface area (Å²) in [6.45, 7) is 0. The molecular formula is C17H24O3. The predicted octanol–water partition coefficient (Wildman–Crippen LogP) is 3.14. The van der Waals surface area contributed by atoms with Crippen molar-refractivity contribution in [3.63, 3.8) is 0 Å². The van der Waals surface area contributed by atoms with Gasteiger partial charge in [-0.25, -0.2) is 0 Å². The summed E-state index contributed by atoms with van der Waals surface area (Å²) < 4.78 is 5.11. The van der Waals surface area contributed by atoms with Crippen LogP contribution in [0.25, 0.3) is 0 Å². The normalized spacial score (nSPS) is 17.7. The molecule has 3 heteroatoms. The van der Waals surface area contributed by atoms with Gasteiger partial charge in [0.2, 0.25) is 0 Å². The quantitative estimate of drug-likeness (QED) is 0.868. The summed E-state index contributed by atoms with van der Waals surface area (Å²) in [5.74, 6) is 1.00. The molecule has 1 atom stereocenters. The molecule has 1 aromatic rings. The van der Waals surface area contributed by atoms with Gasteiger partial charge in [-0.15, -0.1) is 0 Å². The highest BCUT2D eigenvalue weighted by Crippen LogP contribution is 2.27. The van der Waals surface area contributed by atoms with Crippen molar-refractivity contribution in [1.82, 2.24) is 0 Å². The Morgan fingerprint density at radius 3 is 2.50 bits per heavy atom. The van der Waals surface area contributed by atoms with Crippen LogP contribution in [0.3, 0.4) is 0 Å². The molecule has 0 amide bonds. The molecule has 1 saturated carbocycles. The van der Waals surface area contributed by atoms with Crippen molar-refractivity contribution < 1.29 is 14.6 Å². The van der Waals surface area contributed by atoms with Gasteiger partial charge in [-0.2, -0.15) is 0 Å². The Hall–Kier alpha value is -1.35. The maximum Gasteiger partial charge on any atom is 0.161 e. The Morgan fingerprint density at radius 1 is 1.25 bits per heavy atom. The Kier molecular flexibility index (Phi) is 5.60. The van der Waals surface area contributed by atoms with Gasteiger partial charge >= 0.3 is 0 Å². The summed E-state index contributed by atoms with van der Waals surface area (Å²) in [4.78, 5) is 12.1. The fourth-order valence-electron chi connectivity index (χ4n) is 2.92. The van der Waals surface area contributed by atoms with E-state index >= 15 is 0 Å². The second kappa shape index (κ2) is 7.44. The van der Waals surface area contributed by atoms with Crippen LogP contribution >= 0.6 is 0 Å². The standard InChI is InChI=1S/C17H24O3/c1-20-15-10-7-13(8-11-15)9-12-16(18)17(19)14-5-3-2-4-6-14/h7-8,10-11,14,17,19H,2-6,9,12H2,1H3. The zero-order valence-corrected chi connectivity index (χ0v) is 12.2. The number of ether oxygens (including phenoxy) is 1. The van der Waals surface area contributed by atoms with Crippen LogP contribution < -0.4 is 4.74 Å². The molecule has 1 fully saturated rings. The van der Waals surface area contributed by atoms with Crippen LogP contribution in [-0.2, 0) is 11.2 Å². The highest BCUT2D eigenvalue weighted by molar-refractivity contribution is 5.83. The van der Waals surface area contributed by atoms with E-state index in [2.05, 4.69) is 0 Å². The number of carbonyl (C=O) groups is 1. The monoisotopic (exact) mass is 276 g/mol. The number of hydrogen-bond donors (Lipinski definition) is 1. The molecule has 0 radical (unpaired) electrons. The fraction of sp³-hybridized carbons (Fsp3) is 0.588. The Bertz CT molecular complexity index is 418. The van der Waals surface area contributed by atoms with Gasteiger partial charge in [0.05, 0.1) is 7.11 Å². The lowest BCUT2D eigenvalue weighted by Gasteiger charge is -2.25. The summed E-state index contributed by atoms with van der Waals surface area (Å²) in [6.07, 6.45) is 5.87. The maximum absolute atomic E-state index is 12.1. The van der Waals surface area contributed by atoms with Gasteiger partial charge < -0.3 is 9.84 Å². The molecule has 0 heterocycles. The van der Waals surface area contributed by atoms with Crippen molar-refractivity contribution in [3.8, 4) is 5.75 Å². The number of aryl methyl sites for hydroxylation is 1. The third-order valence-corrected chi connectivity index (χ3v) is 4.25. The number of aliphatic hydroxyl groups excluding tert-OH is 1. The Morgan fingerprint density at radius 2 is 1.90 bits per heavy atom. The summed E-state index contributed by atoms with van der Waals surface area (Å²) in [5, 5.41) is 10.1. The lowest BCUT2D eigenvalue weighted by molar-refractivity contribution is -0.130. The first-order valence-corrected chi connectivity index (χ1v) is 7.54. The SMILES string of the molecule is COc1ccc(CCC(=O)C(O)C2CCCCC2)cc1. The van der Waals surface area contributed by atoms with Crippen molar-refractivity contribution in [2.45, 2.75) is 51.0 Å². The molecule has 2 rings (SSSR count). The third kappa shape index (κ3) is 4.07.